The third-order valence-electron chi connectivity index (χ3n) is 8.64. The van der Waals surface area contributed by atoms with Gasteiger partial charge in [0.05, 0.1) is 16.8 Å². The van der Waals surface area contributed by atoms with Gasteiger partial charge in [-0.15, -0.1) is 10.2 Å². The summed E-state index contributed by atoms with van der Waals surface area (Å²) < 4.78 is 76.3. The second kappa shape index (κ2) is 12.9. The molecule has 2 aromatic carbocycles. The Morgan fingerprint density at radius 3 is 2.33 bits per heavy atom. The SMILES string of the molecule is CC(C)(C)C[C@]1(c2ccc(-n3cnnc3)cc2)N=C(N)N([C@H](COC(=O)NC2(C(F)(F)F)CC2)c2ccc(Cl)c(-n3ncnc3C(F)F)c2)C1=O. The van der Waals surface area contributed by atoms with Crippen molar-refractivity contribution >= 4 is 29.6 Å². The van der Waals surface area contributed by atoms with Crippen molar-refractivity contribution in [3.8, 4) is 11.4 Å². The van der Waals surface area contributed by atoms with Gasteiger partial charge in [-0.05, 0) is 60.1 Å². The normalized spacial score (nSPS) is 19.3. The fourth-order valence-corrected chi connectivity index (χ4v) is 6.31. The van der Waals surface area contributed by atoms with E-state index in [0.29, 0.717) is 11.3 Å². The fraction of sp³-hybridized carbons (Fsp3) is 0.406. The second-order valence-corrected chi connectivity index (χ2v) is 13.9. The van der Waals surface area contributed by atoms with Crippen LogP contribution in [0.4, 0.5) is 26.7 Å². The van der Waals surface area contributed by atoms with Crippen molar-refractivity contribution in [1.29, 1.82) is 0 Å². The second-order valence-electron chi connectivity index (χ2n) is 13.5. The molecule has 3 heterocycles. The van der Waals surface area contributed by atoms with Gasteiger partial charge in [-0.2, -0.15) is 18.3 Å². The summed E-state index contributed by atoms with van der Waals surface area (Å²) in [5.74, 6) is -1.62. The zero-order chi connectivity index (χ0) is 36.9. The molecule has 2 atom stereocenters. The van der Waals surface area contributed by atoms with Crippen molar-refractivity contribution in [3.05, 3.63) is 83.4 Å². The Labute approximate surface area is 292 Å². The number of halogens is 6. The molecule has 13 nitrogen and oxygen atoms in total. The summed E-state index contributed by atoms with van der Waals surface area (Å²) in [6, 6.07) is 9.70. The highest BCUT2D eigenvalue weighted by molar-refractivity contribution is 6.32. The van der Waals surface area contributed by atoms with Crippen LogP contribution in [-0.2, 0) is 15.1 Å². The minimum absolute atomic E-state index is 0.0194. The maximum Gasteiger partial charge on any atom is 0.411 e. The molecule has 0 saturated heterocycles. The molecule has 0 radical (unpaired) electrons. The van der Waals surface area contributed by atoms with E-state index in [2.05, 4.69) is 20.3 Å². The maximum atomic E-state index is 14.8. The molecule has 0 bridgehead atoms. The smallest absolute Gasteiger partial charge is 0.411 e. The van der Waals surface area contributed by atoms with Crippen molar-refractivity contribution in [2.45, 2.75) is 69.8 Å². The minimum Gasteiger partial charge on any atom is -0.447 e. The molecule has 2 amide bonds. The number of carbonyl (C=O) groups excluding carboxylic acids is 2. The Morgan fingerprint density at radius 1 is 1.08 bits per heavy atom. The number of ether oxygens (including phenoxy) is 1. The predicted molar refractivity (Wildman–Crippen MR) is 172 cm³/mol. The topological polar surface area (TPSA) is 158 Å². The number of guanidine groups is 1. The van der Waals surface area contributed by atoms with E-state index in [1.54, 1.807) is 28.8 Å². The molecule has 0 unspecified atom stereocenters. The Morgan fingerprint density at radius 2 is 1.75 bits per heavy atom. The molecule has 4 aromatic rings. The third-order valence-corrected chi connectivity index (χ3v) is 8.96. The molecule has 51 heavy (non-hydrogen) atoms. The first kappa shape index (κ1) is 35.7. The number of amides is 2. The number of hydrogen-bond donors (Lipinski definition) is 2. The molecule has 6 rings (SSSR count). The van der Waals surface area contributed by atoms with Crippen LogP contribution in [0.25, 0.3) is 11.4 Å². The quantitative estimate of drug-likeness (QED) is 0.194. The zero-order valence-electron chi connectivity index (χ0n) is 27.4. The highest BCUT2D eigenvalue weighted by Crippen LogP contribution is 2.49. The van der Waals surface area contributed by atoms with E-state index in [-0.39, 0.29) is 41.5 Å². The van der Waals surface area contributed by atoms with Crippen LogP contribution in [0.3, 0.4) is 0 Å². The first-order chi connectivity index (χ1) is 23.9. The number of benzene rings is 2. The highest BCUT2D eigenvalue weighted by atomic mass is 35.5. The van der Waals surface area contributed by atoms with E-state index < -0.39 is 59.6 Å². The lowest BCUT2D eigenvalue weighted by atomic mass is 9.75. The molecular formula is C32H32ClF5N10O3. The van der Waals surface area contributed by atoms with Crippen LogP contribution in [0.2, 0.25) is 5.02 Å². The van der Waals surface area contributed by atoms with Gasteiger partial charge in [0.1, 0.15) is 31.1 Å². The van der Waals surface area contributed by atoms with E-state index in [9.17, 15) is 31.5 Å². The van der Waals surface area contributed by atoms with E-state index in [1.165, 1.54) is 30.9 Å². The Bertz CT molecular complexity index is 1960. The number of aromatic nitrogens is 6. The van der Waals surface area contributed by atoms with Crippen LogP contribution in [0.5, 0.6) is 0 Å². The number of hydrogen-bond acceptors (Lipinski definition) is 9. The molecule has 1 aliphatic heterocycles. The Hall–Kier alpha value is -5.13. The van der Waals surface area contributed by atoms with Gasteiger partial charge in [0.25, 0.3) is 12.3 Å². The van der Waals surface area contributed by atoms with Crippen LogP contribution < -0.4 is 11.1 Å². The van der Waals surface area contributed by atoms with E-state index in [1.807, 2.05) is 26.1 Å². The summed E-state index contributed by atoms with van der Waals surface area (Å²) in [6.45, 7) is 5.02. The van der Waals surface area contributed by atoms with Crippen LogP contribution in [0, 0.1) is 5.41 Å². The van der Waals surface area contributed by atoms with Crippen LogP contribution in [0.1, 0.15) is 69.5 Å². The van der Waals surface area contributed by atoms with Gasteiger partial charge in [-0.3, -0.25) is 14.3 Å². The Kier molecular flexibility index (Phi) is 9.02. The average molecular weight is 735 g/mol. The largest absolute Gasteiger partial charge is 0.447 e. The lowest BCUT2D eigenvalue weighted by Crippen LogP contribution is -2.50. The van der Waals surface area contributed by atoms with Crippen LogP contribution in [-0.4, -0.2) is 70.7 Å². The number of carbonyl (C=O) groups is 2. The molecule has 2 aliphatic rings. The fourth-order valence-electron chi connectivity index (χ4n) is 6.11. The van der Waals surface area contributed by atoms with Crippen molar-refractivity contribution in [1.82, 2.24) is 39.7 Å². The van der Waals surface area contributed by atoms with Crippen molar-refractivity contribution in [3.63, 3.8) is 0 Å². The van der Waals surface area contributed by atoms with Crippen molar-refractivity contribution in [2.24, 2.45) is 16.1 Å². The van der Waals surface area contributed by atoms with Crippen molar-refractivity contribution < 1.29 is 36.3 Å². The number of alkyl halides is 5. The van der Waals surface area contributed by atoms with Crippen LogP contribution >= 0.6 is 11.6 Å². The van der Waals surface area contributed by atoms with Gasteiger partial charge in [0.15, 0.2) is 17.3 Å². The molecule has 270 valence electrons. The maximum absolute atomic E-state index is 14.8. The summed E-state index contributed by atoms with van der Waals surface area (Å²) in [7, 11) is 0. The number of nitrogens with two attached hydrogens (primary N) is 1. The summed E-state index contributed by atoms with van der Waals surface area (Å²) in [4.78, 5) is 37.1. The molecule has 2 aromatic heterocycles. The monoisotopic (exact) mass is 734 g/mol. The van der Waals surface area contributed by atoms with Gasteiger partial charge in [0, 0.05) is 5.69 Å². The van der Waals surface area contributed by atoms with E-state index >= 15 is 0 Å². The molecule has 19 heteroatoms. The Balaban J connectivity index is 1.41. The van der Waals surface area contributed by atoms with Gasteiger partial charge in [-0.25, -0.2) is 28.2 Å². The number of nitrogens with zero attached hydrogens (tertiary/aromatic N) is 8. The lowest BCUT2D eigenvalue weighted by molar-refractivity contribution is -0.164. The molecule has 1 fully saturated rings. The number of rotatable bonds is 10. The van der Waals surface area contributed by atoms with E-state index in [0.717, 1.165) is 15.9 Å². The summed E-state index contributed by atoms with van der Waals surface area (Å²) in [5, 5.41) is 13.4. The van der Waals surface area contributed by atoms with Crippen molar-refractivity contribution in [2.75, 3.05) is 6.61 Å². The predicted octanol–water partition coefficient (Wildman–Crippen LogP) is 5.79. The van der Waals surface area contributed by atoms with Crippen LogP contribution in [0.15, 0.2) is 66.4 Å². The van der Waals surface area contributed by atoms with Gasteiger partial charge in [-0.1, -0.05) is 50.6 Å². The van der Waals surface area contributed by atoms with E-state index in [4.69, 9.17) is 27.1 Å². The van der Waals surface area contributed by atoms with Gasteiger partial charge < -0.3 is 15.8 Å². The standard InChI is InChI=1S/C32H32ClF5N10O3/c1-29(2,3)14-31(19-5-7-20(8-6-19)46-16-41-42-17-46)26(49)47(27(39)44-31)23(13-51-28(50)45-30(10-11-30)32(36,37)38)18-4-9-21(33)22(12-18)48-25(24(34)35)40-15-43-48/h4-9,12,15-17,23-24H,10-11,13-14H2,1-3H3,(H2,39,44)(H,45,50)/t23-,31-/m1/s1. The summed E-state index contributed by atoms with van der Waals surface area (Å²) >= 11 is 6.41. The van der Waals surface area contributed by atoms with Gasteiger partial charge >= 0.3 is 12.3 Å². The third kappa shape index (κ3) is 6.83. The first-order valence-corrected chi connectivity index (χ1v) is 16.0. The molecule has 0 spiro atoms. The zero-order valence-corrected chi connectivity index (χ0v) is 28.2. The molecular weight excluding hydrogens is 703 g/mol. The average Bonchev–Trinajstić information content (AvgIpc) is 3.38. The molecule has 1 saturated carbocycles. The lowest BCUT2D eigenvalue weighted by Gasteiger charge is -2.35. The number of nitrogens with one attached hydrogen (secondary N) is 1. The molecule has 3 N–H and O–H groups in total. The van der Waals surface area contributed by atoms with Gasteiger partial charge in [0.2, 0.25) is 0 Å². The number of aliphatic imine (C=N–C) groups is 1. The minimum atomic E-state index is -4.71. The highest BCUT2D eigenvalue weighted by Gasteiger charge is 2.64. The summed E-state index contributed by atoms with van der Waals surface area (Å²) in [6.07, 6.45) is -5.70. The summed E-state index contributed by atoms with van der Waals surface area (Å²) in [5.41, 5.74) is 3.29. The molecule has 1 aliphatic carbocycles. The first-order valence-electron chi connectivity index (χ1n) is 15.6. The number of alkyl carbamates (subject to hydrolysis) is 1.